The zero-order valence-corrected chi connectivity index (χ0v) is 15.1. The van der Waals surface area contributed by atoms with Crippen LogP contribution in [-0.4, -0.2) is 30.1 Å². The maximum absolute atomic E-state index is 13.0. The van der Waals surface area contributed by atoms with Crippen molar-refractivity contribution < 1.29 is 4.74 Å². The number of rotatable bonds is 7. The minimum Gasteiger partial charge on any atom is -0.495 e. The molecule has 1 N–H and O–H groups in total. The van der Waals surface area contributed by atoms with Gasteiger partial charge in [-0.2, -0.15) is 0 Å². The van der Waals surface area contributed by atoms with E-state index in [-0.39, 0.29) is 5.43 Å². The second-order valence-corrected chi connectivity index (χ2v) is 6.24. The van der Waals surface area contributed by atoms with E-state index in [0.717, 1.165) is 37.2 Å². The van der Waals surface area contributed by atoms with E-state index in [2.05, 4.69) is 23.7 Å². The number of pyridine rings is 1. The fourth-order valence-corrected chi connectivity index (χ4v) is 3.22. The van der Waals surface area contributed by atoms with Gasteiger partial charge in [0.05, 0.1) is 23.0 Å². The minimum absolute atomic E-state index is 0.00245. The molecule has 0 amide bonds. The first-order valence-corrected chi connectivity index (χ1v) is 8.51. The lowest BCUT2D eigenvalue weighted by atomic mass is 10.1. The van der Waals surface area contributed by atoms with Crippen LogP contribution in [0.2, 0.25) is 5.02 Å². The topological polar surface area (TPSA) is 45.3 Å². The third kappa shape index (κ3) is 3.70. The van der Waals surface area contributed by atoms with Crippen LogP contribution >= 0.6 is 11.6 Å². The van der Waals surface area contributed by atoms with Gasteiger partial charge >= 0.3 is 0 Å². The number of aryl methyl sites for hydroxylation is 1. The number of hydrogen-bond donors (Lipinski definition) is 1. The second kappa shape index (κ2) is 7.84. The molecule has 2 rings (SSSR count). The van der Waals surface area contributed by atoms with Crippen molar-refractivity contribution in [3.8, 4) is 5.75 Å². The van der Waals surface area contributed by atoms with Crippen molar-refractivity contribution in [3.63, 3.8) is 0 Å². The van der Waals surface area contributed by atoms with E-state index in [1.165, 1.54) is 0 Å². The van der Waals surface area contributed by atoms with Crippen LogP contribution in [0.25, 0.3) is 10.9 Å². The summed E-state index contributed by atoms with van der Waals surface area (Å²) in [4.78, 5) is 18.6. The van der Waals surface area contributed by atoms with Crippen LogP contribution in [0.15, 0.2) is 16.9 Å². The molecular weight excluding hydrogens is 312 g/mol. The normalized spacial score (nSPS) is 11.4. The van der Waals surface area contributed by atoms with Gasteiger partial charge in [0.1, 0.15) is 5.75 Å². The highest BCUT2D eigenvalue weighted by molar-refractivity contribution is 6.35. The first kappa shape index (κ1) is 17.8. The number of aromatic nitrogens is 1. The second-order valence-electron chi connectivity index (χ2n) is 5.83. The fourth-order valence-electron chi connectivity index (χ4n) is 2.97. The van der Waals surface area contributed by atoms with E-state index in [1.807, 2.05) is 6.92 Å². The Kier molecular flexibility index (Phi) is 6.08. The number of nitrogens with one attached hydrogen (secondary N) is 1. The molecule has 0 spiro atoms. The van der Waals surface area contributed by atoms with E-state index in [4.69, 9.17) is 16.3 Å². The number of H-pyrrole nitrogens is 1. The Bertz CT molecular complexity index is 734. The molecule has 1 aromatic heterocycles. The average molecular weight is 337 g/mol. The van der Waals surface area contributed by atoms with Gasteiger partial charge in [-0.1, -0.05) is 25.4 Å². The van der Waals surface area contributed by atoms with Crippen LogP contribution in [0, 0.1) is 6.92 Å². The predicted octanol–water partition coefficient (Wildman–Crippen LogP) is 4.12. The number of hydrogen-bond acceptors (Lipinski definition) is 3. The molecule has 0 aliphatic carbocycles. The van der Waals surface area contributed by atoms with E-state index < -0.39 is 0 Å². The summed E-state index contributed by atoms with van der Waals surface area (Å²) in [5, 5.41) is 0.973. The van der Waals surface area contributed by atoms with Gasteiger partial charge in [-0.3, -0.25) is 9.69 Å². The summed E-state index contributed by atoms with van der Waals surface area (Å²) in [5.41, 5.74) is 2.33. The average Bonchev–Trinajstić information content (AvgIpc) is 2.51. The Morgan fingerprint density at radius 3 is 2.43 bits per heavy atom. The van der Waals surface area contributed by atoms with Crippen LogP contribution in [0.5, 0.6) is 5.75 Å². The predicted molar refractivity (Wildman–Crippen MR) is 96.7 cm³/mol. The Morgan fingerprint density at radius 1 is 1.22 bits per heavy atom. The Balaban J connectivity index is 2.57. The lowest BCUT2D eigenvalue weighted by Gasteiger charge is -2.22. The van der Waals surface area contributed by atoms with Gasteiger partial charge in [-0.15, -0.1) is 0 Å². The van der Waals surface area contributed by atoms with E-state index in [1.54, 1.807) is 19.2 Å². The minimum atomic E-state index is -0.00245. The maximum atomic E-state index is 13.0. The summed E-state index contributed by atoms with van der Waals surface area (Å²) >= 11 is 6.29. The molecule has 5 heteroatoms. The standard InChI is InChI=1S/C18H25ClN2O2/c1-5-9-21(10-6-2)11-13-12(3)20-17-15(23-4)8-7-14(19)16(17)18(13)22/h7-8H,5-6,9-11H2,1-4H3,(H,20,22). The van der Waals surface area contributed by atoms with Gasteiger partial charge in [-0.25, -0.2) is 0 Å². The maximum Gasteiger partial charge on any atom is 0.195 e. The molecular formula is C18H25ClN2O2. The summed E-state index contributed by atoms with van der Waals surface area (Å²) in [6, 6.07) is 3.49. The monoisotopic (exact) mass is 336 g/mol. The van der Waals surface area contributed by atoms with Crippen molar-refractivity contribution in [1.82, 2.24) is 9.88 Å². The summed E-state index contributed by atoms with van der Waals surface area (Å²) in [7, 11) is 1.59. The molecule has 2 aromatic rings. The Morgan fingerprint density at radius 2 is 1.87 bits per heavy atom. The number of nitrogens with zero attached hydrogens (tertiary/aromatic N) is 1. The first-order valence-electron chi connectivity index (χ1n) is 8.13. The van der Waals surface area contributed by atoms with Gasteiger partial charge in [0.15, 0.2) is 5.43 Å². The molecule has 0 atom stereocenters. The van der Waals surface area contributed by atoms with Crippen molar-refractivity contribution in [2.75, 3.05) is 20.2 Å². The lowest BCUT2D eigenvalue weighted by molar-refractivity contribution is 0.265. The van der Waals surface area contributed by atoms with Gasteiger partial charge in [-0.05, 0) is 45.0 Å². The largest absolute Gasteiger partial charge is 0.495 e. The SMILES string of the molecule is CCCN(CCC)Cc1c(C)[nH]c2c(OC)ccc(Cl)c2c1=O. The number of halogens is 1. The fraction of sp³-hybridized carbons (Fsp3) is 0.500. The molecule has 4 nitrogen and oxygen atoms in total. The smallest absolute Gasteiger partial charge is 0.195 e. The lowest BCUT2D eigenvalue weighted by Crippen LogP contribution is -2.29. The molecule has 126 valence electrons. The van der Waals surface area contributed by atoms with Crippen LogP contribution in [0.1, 0.15) is 37.9 Å². The molecule has 0 aliphatic heterocycles. The first-order chi connectivity index (χ1) is 11.0. The zero-order chi connectivity index (χ0) is 17.0. The highest BCUT2D eigenvalue weighted by Gasteiger charge is 2.17. The van der Waals surface area contributed by atoms with Gasteiger partial charge in [0.25, 0.3) is 0 Å². The highest BCUT2D eigenvalue weighted by Crippen LogP contribution is 2.28. The van der Waals surface area contributed by atoms with E-state index in [0.29, 0.717) is 28.2 Å². The molecule has 23 heavy (non-hydrogen) atoms. The Hall–Kier alpha value is -1.52. The van der Waals surface area contributed by atoms with Crippen molar-refractivity contribution in [2.45, 2.75) is 40.2 Å². The van der Waals surface area contributed by atoms with E-state index in [9.17, 15) is 4.79 Å². The molecule has 1 heterocycles. The zero-order valence-electron chi connectivity index (χ0n) is 14.3. The number of methoxy groups -OCH3 is 1. The number of aromatic amines is 1. The van der Waals surface area contributed by atoms with Crippen LogP contribution in [-0.2, 0) is 6.54 Å². The van der Waals surface area contributed by atoms with Gasteiger partial charge < -0.3 is 9.72 Å². The summed E-state index contributed by atoms with van der Waals surface area (Å²) in [6.45, 7) is 8.86. The molecule has 0 saturated heterocycles. The summed E-state index contributed by atoms with van der Waals surface area (Å²) in [5.74, 6) is 0.634. The number of benzene rings is 1. The van der Waals surface area contributed by atoms with Gasteiger partial charge in [0, 0.05) is 17.8 Å². The van der Waals surface area contributed by atoms with E-state index >= 15 is 0 Å². The molecule has 0 aliphatic rings. The van der Waals surface area contributed by atoms with Crippen molar-refractivity contribution in [3.05, 3.63) is 38.6 Å². The Labute approximate surface area is 142 Å². The molecule has 0 saturated carbocycles. The molecule has 0 unspecified atom stereocenters. The third-order valence-corrected chi connectivity index (χ3v) is 4.38. The van der Waals surface area contributed by atoms with Crippen molar-refractivity contribution >= 4 is 22.5 Å². The number of ether oxygens (including phenoxy) is 1. The molecule has 0 radical (unpaired) electrons. The third-order valence-electron chi connectivity index (χ3n) is 4.06. The summed E-state index contributed by atoms with van der Waals surface area (Å²) in [6.07, 6.45) is 2.14. The summed E-state index contributed by atoms with van der Waals surface area (Å²) < 4.78 is 5.35. The molecule has 1 aromatic carbocycles. The van der Waals surface area contributed by atoms with Crippen LogP contribution < -0.4 is 10.2 Å². The van der Waals surface area contributed by atoms with Crippen LogP contribution in [0.3, 0.4) is 0 Å². The quantitative estimate of drug-likeness (QED) is 0.827. The number of fused-ring (bicyclic) bond motifs is 1. The van der Waals surface area contributed by atoms with Gasteiger partial charge in [0.2, 0.25) is 0 Å². The molecule has 0 fully saturated rings. The van der Waals surface area contributed by atoms with Crippen molar-refractivity contribution in [2.24, 2.45) is 0 Å². The molecule has 0 bridgehead atoms. The van der Waals surface area contributed by atoms with Crippen molar-refractivity contribution in [1.29, 1.82) is 0 Å². The highest BCUT2D eigenvalue weighted by atomic mass is 35.5. The van der Waals surface area contributed by atoms with Crippen LogP contribution in [0.4, 0.5) is 0 Å².